The van der Waals surface area contributed by atoms with Crippen LogP contribution >= 0.6 is 0 Å². The van der Waals surface area contributed by atoms with E-state index < -0.39 is 20.2 Å². The molecule has 0 aromatic heterocycles. The summed E-state index contributed by atoms with van der Waals surface area (Å²) in [5.41, 5.74) is 0.874. The monoisotopic (exact) mass is 375 g/mol. The summed E-state index contributed by atoms with van der Waals surface area (Å²) in [4.78, 5) is 0.288. The lowest BCUT2D eigenvalue weighted by molar-refractivity contribution is 0.268. The van der Waals surface area contributed by atoms with E-state index in [0.29, 0.717) is 13.0 Å². The van der Waals surface area contributed by atoms with Gasteiger partial charge in [-0.2, -0.15) is 12.7 Å². The Kier molecular flexibility index (Phi) is 6.38. The maximum absolute atomic E-state index is 12.7. The maximum atomic E-state index is 12.7. The molecule has 1 atom stereocenters. The van der Waals surface area contributed by atoms with Crippen LogP contribution < -0.4 is 9.44 Å². The second-order valence-electron chi connectivity index (χ2n) is 5.96. The van der Waals surface area contributed by atoms with Crippen LogP contribution in [0.1, 0.15) is 31.7 Å². The van der Waals surface area contributed by atoms with Crippen LogP contribution in [0.5, 0.6) is 0 Å². The van der Waals surface area contributed by atoms with Gasteiger partial charge in [-0.3, -0.25) is 0 Å². The number of rotatable bonds is 7. The Hall–Kier alpha value is -1.00. The summed E-state index contributed by atoms with van der Waals surface area (Å²) in [6.07, 6.45) is 3.34. The molecule has 1 heterocycles. The predicted molar refractivity (Wildman–Crippen MR) is 93.3 cm³/mol. The van der Waals surface area contributed by atoms with Crippen molar-refractivity contribution >= 4 is 20.2 Å². The van der Waals surface area contributed by atoms with Crippen LogP contribution in [0.4, 0.5) is 0 Å². The van der Waals surface area contributed by atoms with Gasteiger partial charge >= 0.3 is 0 Å². The van der Waals surface area contributed by atoms with Gasteiger partial charge in [0.15, 0.2) is 0 Å². The van der Waals surface area contributed by atoms with E-state index in [1.165, 1.54) is 7.05 Å². The minimum atomic E-state index is -3.46. The van der Waals surface area contributed by atoms with Crippen molar-refractivity contribution in [1.82, 2.24) is 13.7 Å². The van der Waals surface area contributed by atoms with Gasteiger partial charge < -0.3 is 0 Å². The SMILES string of the molecule is CNS(=O)(=O)NCCc1ccc(S(=O)(=O)N2CCCCC2C)cc1. The van der Waals surface area contributed by atoms with E-state index in [1.54, 1.807) is 28.6 Å². The molecule has 1 aliphatic heterocycles. The van der Waals surface area contributed by atoms with Gasteiger partial charge in [0.05, 0.1) is 4.90 Å². The molecule has 1 saturated heterocycles. The average Bonchev–Trinajstić information content (AvgIpc) is 2.55. The highest BCUT2D eigenvalue weighted by Gasteiger charge is 2.30. The molecular formula is C15H25N3O4S2. The van der Waals surface area contributed by atoms with Crippen LogP contribution in [0.25, 0.3) is 0 Å². The lowest BCUT2D eigenvalue weighted by Gasteiger charge is -2.32. The fourth-order valence-electron chi connectivity index (χ4n) is 2.79. The molecule has 2 N–H and O–H groups in total. The average molecular weight is 376 g/mol. The summed E-state index contributed by atoms with van der Waals surface area (Å²) >= 11 is 0. The Morgan fingerprint density at radius 3 is 2.38 bits per heavy atom. The van der Waals surface area contributed by atoms with E-state index in [1.807, 2.05) is 6.92 Å². The van der Waals surface area contributed by atoms with E-state index in [0.717, 1.165) is 24.8 Å². The van der Waals surface area contributed by atoms with Gasteiger partial charge in [-0.25, -0.2) is 17.9 Å². The molecule has 1 fully saturated rings. The van der Waals surface area contributed by atoms with Gasteiger partial charge in [-0.15, -0.1) is 0 Å². The first-order chi connectivity index (χ1) is 11.3. The Labute approximate surface area is 144 Å². The molecule has 9 heteroatoms. The zero-order valence-corrected chi connectivity index (χ0v) is 15.7. The number of benzene rings is 1. The van der Waals surface area contributed by atoms with Crippen LogP contribution in [0.3, 0.4) is 0 Å². The molecule has 1 unspecified atom stereocenters. The van der Waals surface area contributed by atoms with Crippen molar-refractivity contribution < 1.29 is 16.8 Å². The van der Waals surface area contributed by atoms with Crippen LogP contribution in [0.2, 0.25) is 0 Å². The van der Waals surface area contributed by atoms with Crippen molar-refractivity contribution in [2.75, 3.05) is 20.1 Å². The van der Waals surface area contributed by atoms with E-state index in [-0.39, 0.29) is 17.5 Å². The van der Waals surface area contributed by atoms with Crippen molar-refractivity contribution in [2.45, 2.75) is 43.5 Å². The lowest BCUT2D eigenvalue weighted by Crippen LogP contribution is -2.41. The predicted octanol–water partition coefficient (Wildman–Crippen LogP) is 0.846. The van der Waals surface area contributed by atoms with Crippen LogP contribution in [0, 0.1) is 0 Å². The molecule has 7 nitrogen and oxygen atoms in total. The van der Waals surface area contributed by atoms with Crippen LogP contribution in [-0.4, -0.2) is 47.3 Å². The van der Waals surface area contributed by atoms with Gasteiger partial charge in [0.1, 0.15) is 0 Å². The van der Waals surface area contributed by atoms with Crippen molar-refractivity contribution in [1.29, 1.82) is 0 Å². The molecule has 136 valence electrons. The normalized spacial score (nSPS) is 20.2. The topological polar surface area (TPSA) is 95.6 Å². The molecule has 0 saturated carbocycles. The Morgan fingerprint density at radius 2 is 1.79 bits per heavy atom. The molecule has 2 rings (SSSR count). The lowest BCUT2D eigenvalue weighted by atomic mass is 10.1. The van der Waals surface area contributed by atoms with E-state index in [2.05, 4.69) is 9.44 Å². The maximum Gasteiger partial charge on any atom is 0.276 e. The summed E-state index contributed by atoms with van der Waals surface area (Å²) < 4.78 is 54.1. The quantitative estimate of drug-likeness (QED) is 0.738. The Bertz CT molecular complexity index is 745. The standard InChI is InChI=1S/C15H25N3O4S2/c1-13-5-3-4-12-18(13)23(19,20)15-8-6-14(7-9-15)10-11-17-24(21,22)16-2/h6-9,13,16-17H,3-5,10-12H2,1-2H3. The molecular weight excluding hydrogens is 350 g/mol. The first-order valence-electron chi connectivity index (χ1n) is 8.05. The Morgan fingerprint density at radius 1 is 1.12 bits per heavy atom. The second kappa shape index (κ2) is 7.92. The third-order valence-corrected chi connectivity index (χ3v) is 7.40. The highest BCUT2D eigenvalue weighted by Crippen LogP contribution is 2.25. The van der Waals surface area contributed by atoms with Crippen molar-refractivity contribution in [3.05, 3.63) is 29.8 Å². The number of hydrogen-bond acceptors (Lipinski definition) is 4. The van der Waals surface area contributed by atoms with E-state index >= 15 is 0 Å². The molecule has 24 heavy (non-hydrogen) atoms. The number of piperidine rings is 1. The molecule has 1 aliphatic rings. The van der Waals surface area contributed by atoms with Crippen molar-refractivity contribution in [3.8, 4) is 0 Å². The largest absolute Gasteiger partial charge is 0.276 e. The molecule has 0 radical (unpaired) electrons. The molecule has 1 aromatic carbocycles. The third-order valence-electron chi connectivity index (χ3n) is 4.25. The van der Waals surface area contributed by atoms with Crippen LogP contribution in [0.15, 0.2) is 29.2 Å². The minimum absolute atomic E-state index is 0.0272. The summed E-state index contributed by atoms with van der Waals surface area (Å²) in [5.74, 6) is 0. The highest BCUT2D eigenvalue weighted by molar-refractivity contribution is 7.89. The van der Waals surface area contributed by atoms with Crippen molar-refractivity contribution in [2.24, 2.45) is 0 Å². The van der Waals surface area contributed by atoms with E-state index in [9.17, 15) is 16.8 Å². The molecule has 0 bridgehead atoms. The molecule has 0 aliphatic carbocycles. The van der Waals surface area contributed by atoms with Gasteiger partial charge in [0.2, 0.25) is 10.0 Å². The Balaban J connectivity index is 2.03. The number of nitrogens with one attached hydrogen (secondary N) is 2. The van der Waals surface area contributed by atoms with Gasteiger partial charge in [0, 0.05) is 26.2 Å². The number of nitrogens with zero attached hydrogens (tertiary/aromatic N) is 1. The second-order valence-corrected chi connectivity index (χ2v) is 9.55. The molecule has 1 aromatic rings. The zero-order valence-electron chi connectivity index (χ0n) is 14.0. The summed E-state index contributed by atoms with van der Waals surface area (Å²) in [6.45, 7) is 2.76. The summed E-state index contributed by atoms with van der Waals surface area (Å²) in [5, 5.41) is 0. The fourth-order valence-corrected chi connectivity index (χ4v) is 5.01. The summed E-state index contributed by atoms with van der Waals surface area (Å²) in [6, 6.07) is 6.68. The zero-order chi connectivity index (χ0) is 17.8. The highest BCUT2D eigenvalue weighted by atomic mass is 32.2. The molecule has 0 spiro atoms. The first kappa shape index (κ1) is 19.3. The van der Waals surface area contributed by atoms with Crippen molar-refractivity contribution in [3.63, 3.8) is 0 Å². The van der Waals surface area contributed by atoms with Gasteiger partial charge in [0.25, 0.3) is 10.2 Å². The fraction of sp³-hybridized carbons (Fsp3) is 0.600. The summed E-state index contributed by atoms with van der Waals surface area (Å²) in [7, 11) is -5.57. The number of hydrogen-bond donors (Lipinski definition) is 2. The molecule has 0 amide bonds. The smallest absolute Gasteiger partial charge is 0.207 e. The van der Waals surface area contributed by atoms with Gasteiger partial charge in [-0.05, 0) is 43.9 Å². The first-order valence-corrected chi connectivity index (χ1v) is 11.0. The van der Waals surface area contributed by atoms with Crippen LogP contribution in [-0.2, 0) is 26.7 Å². The third kappa shape index (κ3) is 4.76. The minimum Gasteiger partial charge on any atom is -0.207 e. The number of sulfonamides is 1. The van der Waals surface area contributed by atoms with Gasteiger partial charge in [-0.1, -0.05) is 18.6 Å². The van der Waals surface area contributed by atoms with E-state index in [4.69, 9.17) is 0 Å².